The molecule has 94 valence electrons. The predicted octanol–water partition coefficient (Wildman–Crippen LogP) is 3.77. The Balaban J connectivity index is 2.20. The lowest BCUT2D eigenvalue weighted by molar-refractivity contribution is 0.483. The molecule has 2 rings (SSSR count). The zero-order chi connectivity index (χ0) is 13.1. The Hall–Kier alpha value is -2.16. The molecule has 2 aromatic rings. The lowest BCUT2D eigenvalue weighted by atomic mass is 10.0. The van der Waals surface area contributed by atoms with Crippen LogP contribution in [-0.2, 0) is 0 Å². The zero-order valence-electron chi connectivity index (χ0n) is 10.7. The van der Waals surface area contributed by atoms with E-state index in [2.05, 4.69) is 13.8 Å². The summed E-state index contributed by atoms with van der Waals surface area (Å²) in [7, 11) is 0. The molecule has 0 aromatic heterocycles. The van der Waals surface area contributed by atoms with Gasteiger partial charge in [0.2, 0.25) is 0 Å². The van der Waals surface area contributed by atoms with Crippen molar-refractivity contribution in [1.29, 1.82) is 0 Å². The third-order valence-electron chi connectivity index (χ3n) is 2.80. The van der Waals surface area contributed by atoms with Crippen molar-refractivity contribution in [3.05, 3.63) is 48.0 Å². The van der Waals surface area contributed by atoms with Crippen LogP contribution in [0.5, 0.6) is 11.5 Å². The summed E-state index contributed by atoms with van der Waals surface area (Å²) in [6, 6.07) is 13.1. The Morgan fingerprint density at radius 1 is 0.889 bits per heavy atom. The smallest absolute Gasteiger partial charge is 0.129 e. The first-order chi connectivity index (χ1) is 8.56. The largest absolute Gasteiger partial charge is 0.457 e. The van der Waals surface area contributed by atoms with Gasteiger partial charge in [-0.3, -0.25) is 0 Å². The topological polar surface area (TPSA) is 61.3 Å². The molecule has 0 atom stereocenters. The molecule has 0 aliphatic heterocycles. The molecule has 0 amide bonds. The van der Waals surface area contributed by atoms with Crippen molar-refractivity contribution in [3.63, 3.8) is 0 Å². The number of rotatable bonds is 3. The average molecular weight is 242 g/mol. The Morgan fingerprint density at radius 2 is 1.50 bits per heavy atom. The summed E-state index contributed by atoms with van der Waals surface area (Å²) < 4.78 is 5.71. The molecule has 0 bridgehead atoms. The van der Waals surface area contributed by atoms with E-state index in [4.69, 9.17) is 16.2 Å². The maximum Gasteiger partial charge on any atom is 0.129 e. The maximum atomic E-state index is 6.00. The monoisotopic (exact) mass is 242 g/mol. The van der Waals surface area contributed by atoms with E-state index in [0.717, 1.165) is 28.4 Å². The third-order valence-corrected chi connectivity index (χ3v) is 2.80. The highest BCUT2D eigenvalue weighted by Gasteiger charge is 2.06. The average Bonchev–Trinajstić information content (AvgIpc) is 2.32. The van der Waals surface area contributed by atoms with Crippen LogP contribution in [0.1, 0.15) is 25.3 Å². The number of benzene rings is 2. The molecular formula is C15H18N2O. The fourth-order valence-electron chi connectivity index (χ4n) is 1.81. The molecule has 0 saturated carbocycles. The van der Waals surface area contributed by atoms with Crippen molar-refractivity contribution in [3.8, 4) is 11.5 Å². The van der Waals surface area contributed by atoms with E-state index in [9.17, 15) is 0 Å². The van der Waals surface area contributed by atoms with Crippen LogP contribution in [-0.4, -0.2) is 0 Å². The molecule has 0 fully saturated rings. The quantitative estimate of drug-likeness (QED) is 0.805. The molecule has 0 heterocycles. The van der Waals surface area contributed by atoms with E-state index in [1.165, 1.54) is 0 Å². The van der Waals surface area contributed by atoms with Crippen molar-refractivity contribution >= 4 is 11.4 Å². The SMILES string of the molecule is CC(C)c1ccc(Oc2ccc(N)cc2)cc1N. The molecule has 3 nitrogen and oxygen atoms in total. The second-order valence-electron chi connectivity index (χ2n) is 4.62. The number of nitrogens with two attached hydrogens (primary N) is 2. The lowest BCUT2D eigenvalue weighted by Gasteiger charge is -2.12. The molecule has 2 aromatic carbocycles. The molecule has 0 saturated heterocycles. The predicted molar refractivity (Wildman–Crippen MR) is 75.9 cm³/mol. The van der Waals surface area contributed by atoms with Crippen LogP contribution in [0, 0.1) is 0 Å². The van der Waals surface area contributed by atoms with Crippen LogP contribution in [0.25, 0.3) is 0 Å². The number of hydrogen-bond acceptors (Lipinski definition) is 3. The van der Waals surface area contributed by atoms with Gasteiger partial charge in [-0.2, -0.15) is 0 Å². The number of ether oxygens (including phenoxy) is 1. The van der Waals surface area contributed by atoms with E-state index in [0.29, 0.717) is 5.92 Å². The summed E-state index contributed by atoms with van der Waals surface area (Å²) in [4.78, 5) is 0. The normalized spacial score (nSPS) is 10.6. The number of nitrogen functional groups attached to an aromatic ring is 2. The van der Waals surface area contributed by atoms with Crippen molar-refractivity contribution in [1.82, 2.24) is 0 Å². The lowest BCUT2D eigenvalue weighted by Crippen LogP contribution is -1.97. The van der Waals surface area contributed by atoms with Gasteiger partial charge in [0.05, 0.1) is 0 Å². The third kappa shape index (κ3) is 2.74. The van der Waals surface area contributed by atoms with Gasteiger partial charge in [-0.1, -0.05) is 19.9 Å². The van der Waals surface area contributed by atoms with Crippen molar-refractivity contribution in [2.45, 2.75) is 19.8 Å². The van der Waals surface area contributed by atoms with Crippen LogP contribution >= 0.6 is 0 Å². The molecule has 0 aliphatic rings. The van der Waals surface area contributed by atoms with Crippen LogP contribution < -0.4 is 16.2 Å². The van der Waals surface area contributed by atoms with Gasteiger partial charge in [0, 0.05) is 17.4 Å². The van der Waals surface area contributed by atoms with Crippen LogP contribution in [0.2, 0.25) is 0 Å². The van der Waals surface area contributed by atoms with Crippen LogP contribution in [0.3, 0.4) is 0 Å². The molecule has 0 unspecified atom stereocenters. The van der Waals surface area contributed by atoms with Gasteiger partial charge in [-0.05, 0) is 41.8 Å². The highest BCUT2D eigenvalue weighted by molar-refractivity contribution is 5.53. The molecule has 0 radical (unpaired) electrons. The highest BCUT2D eigenvalue weighted by atomic mass is 16.5. The molecule has 18 heavy (non-hydrogen) atoms. The van der Waals surface area contributed by atoms with E-state index in [1.807, 2.05) is 30.3 Å². The van der Waals surface area contributed by atoms with Gasteiger partial charge >= 0.3 is 0 Å². The molecule has 0 spiro atoms. The van der Waals surface area contributed by atoms with Crippen molar-refractivity contribution in [2.75, 3.05) is 11.5 Å². The summed E-state index contributed by atoms with van der Waals surface area (Å²) in [5.74, 6) is 1.90. The fraction of sp³-hybridized carbons (Fsp3) is 0.200. The standard InChI is InChI=1S/C15H18N2O/c1-10(2)14-8-7-13(9-15(14)17)18-12-5-3-11(16)4-6-12/h3-10H,16-17H2,1-2H3. The summed E-state index contributed by atoms with van der Waals surface area (Å²) in [5.41, 5.74) is 14.2. The highest BCUT2D eigenvalue weighted by Crippen LogP contribution is 2.29. The second kappa shape index (κ2) is 5.00. The van der Waals surface area contributed by atoms with E-state index < -0.39 is 0 Å². The van der Waals surface area contributed by atoms with Crippen molar-refractivity contribution in [2.24, 2.45) is 0 Å². The summed E-state index contributed by atoms with van der Waals surface area (Å²) >= 11 is 0. The number of hydrogen-bond donors (Lipinski definition) is 2. The minimum absolute atomic E-state index is 0.413. The van der Waals surface area contributed by atoms with Crippen molar-refractivity contribution < 1.29 is 4.74 Å². The van der Waals surface area contributed by atoms with Crippen LogP contribution in [0.4, 0.5) is 11.4 Å². The first-order valence-corrected chi connectivity index (χ1v) is 5.99. The first-order valence-electron chi connectivity index (χ1n) is 5.99. The van der Waals surface area contributed by atoms with Crippen LogP contribution in [0.15, 0.2) is 42.5 Å². The van der Waals surface area contributed by atoms with Gasteiger partial charge in [0.15, 0.2) is 0 Å². The minimum Gasteiger partial charge on any atom is -0.457 e. The second-order valence-corrected chi connectivity index (χ2v) is 4.62. The minimum atomic E-state index is 0.413. The molecular weight excluding hydrogens is 224 g/mol. The Bertz CT molecular complexity index is 533. The Morgan fingerprint density at radius 3 is 2.06 bits per heavy atom. The molecule has 4 N–H and O–H groups in total. The number of anilines is 2. The first kappa shape index (κ1) is 12.3. The zero-order valence-corrected chi connectivity index (χ0v) is 10.7. The van der Waals surface area contributed by atoms with Gasteiger partial charge in [-0.15, -0.1) is 0 Å². The molecule has 0 aliphatic carbocycles. The van der Waals surface area contributed by atoms with E-state index >= 15 is 0 Å². The summed E-state index contributed by atoms with van der Waals surface area (Å²) in [5, 5.41) is 0. The summed E-state index contributed by atoms with van der Waals surface area (Å²) in [6.07, 6.45) is 0. The maximum absolute atomic E-state index is 6.00. The van der Waals surface area contributed by atoms with Gasteiger partial charge in [0.1, 0.15) is 11.5 Å². The van der Waals surface area contributed by atoms with Gasteiger partial charge < -0.3 is 16.2 Å². The van der Waals surface area contributed by atoms with Gasteiger partial charge in [-0.25, -0.2) is 0 Å². The Kier molecular flexibility index (Phi) is 3.42. The van der Waals surface area contributed by atoms with E-state index in [-0.39, 0.29) is 0 Å². The van der Waals surface area contributed by atoms with Gasteiger partial charge in [0.25, 0.3) is 0 Å². The van der Waals surface area contributed by atoms with E-state index in [1.54, 1.807) is 12.1 Å². The summed E-state index contributed by atoms with van der Waals surface area (Å²) in [6.45, 7) is 4.23. The fourth-order valence-corrected chi connectivity index (χ4v) is 1.81. The Labute approximate surface area is 107 Å². The molecule has 3 heteroatoms.